The van der Waals surface area contributed by atoms with Crippen LogP contribution in [0.3, 0.4) is 0 Å². The molecule has 0 radical (unpaired) electrons. The van der Waals surface area contributed by atoms with E-state index >= 15 is 0 Å². The number of thioether (sulfide) groups is 1. The highest BCUT2D eigenvalue weighted by Gasteiger charge is 2.18. The van der Waals surface area contributed by atoms with Gasteiger partial charge in [-0.1, -0.05) is 41.6 Å². The number of nitrogens with two attached hydrogens (primary N) is 1. The van der Waals surface area contributed by atoms with Crippen molar-refractivity contribution in [1.82, 2.24) is 15.2 Å². The molecule has 2 aromatic heterocycles. The number of ketones is 1. The number of rotatable bonds is 7. The molecule has 6 nitrogen and oxygen atoms in total. The fourth-order valence-electron chi connectivity index (χ4n) is 2.90. The third-order valence-electron chi connectivity index (χ3n) is 4.35. The number of carbonyl (C=O) groups excluding carboxylic acids is 1. The van der Waals surface area contributed by atoms with Crippen LogP contribution in [0.25, 0.3) is 10.9 Å². The van der Waals surface area contributed by atoms with Gasteiger partial charge in [0.2, 0.25) is 5.89 Å². The first-order chi connectivity index (χ1) is 13.6. The number of halogens is 1. The number of para-hydroxylation sites is 1. The van der Waals surface area contributed by atoms with Gasteiger partial charge in [-0.25, -0.2) is 0 Å². The number of benzene rings is 2. The molecule has 2 aromatic carbocycles. The number of nitrogens with zero attached hydrogens (tertiary/aromatic N) is 2. The Morgan fingerprint density at radius 3 is 2.79 bits per heavy atom. The van der Waals surface area contributed by atoms with Crippen LogP contribution in [0.1, 0.15) is 27.9 Å². The Kier molecular flexibility index (Phi) is 5.47. The maximum absolute atomic E-state index is 12.2. The molecule has 3 N–H and O–H groups in total. The molecule has 0 saturated carbocycles. The van der Waals surface area contributed by atoms with Crippen LogP contribution in [0, 0.1) is 0 Å². The van der Waals surface area contributed by atoms with Gasteiger partial charge in [0, 0.05) is 27.7 Å². The summed E-state index contributed by atoms with van der Waals surface area (Å²) in [6, 6.07) is 14.4. The summed E-state index contributed by atoms with van der Waals surface area (Å²) in [6.45, 7) is 0. The van der Waals surface area contributed by atoms with Crippen LogP contribution in [-0.4, -0.2) is 26.7 Å². The van der Waals surface area contributed by atoms with Crippen molar-refractivity contribution in [3.8, 4) is 0 Å². The first-order valence-corrected chi connectivity index (χ1v) is 10.0. The number of aromatic nitrogens is 3. The Morgan fingerprint density at radius 1 is 1.18 bits per heavy atom. The van der Waals surface area contributed by atoms with Crippen molar-refractivity contribution in [2.24, 2.45) is 5.73 Å². The van der Waals surface area contributed by atoms with E-state index in [1.807, 2.05) is 30.5 Å². The molecular weight excluding hydrogens is 396 g/mol. The standard InChI is InChI=1S/C20H17ClN4O2S/c21-14-7-5-12(6-8-14)18(26)11-28-20-25-24-19(27-20)16(22)9-13-10-23-17-4-2-1-3-15(13)17/h1-8,10,16,23H,9,11,22H2. The minimum absolute atomic E-state index is 0.0375. The normalized spacial score (nSPS) is 12.4. The largest absolute Gasteiger partial charge is 0.414 e. The van der Waals surface area contributed by atoms with Crippen molar-refractivity contribution in [3.63, 3.8) is 0 Å². The van der Waals surface area contributed by atoms with Gasteiger partial charge in [-0.3, -0.25) is 4.79 Å². The summed E-state index contributed by atoms with van der Waals surface area (Å²) < 4.78 is 5.64. The fraction of sp³-hybridized carbons (Fsp3) is 0.150. The third kappa shape index (κ3) is 4.11. The molecule has 8 heteroatoms. The van der Waals surface area contributed by atoms with Gasteiger partial charge < -0.3 is 15.1 Å². The zero-order valence-electron chi connectivity index (χ0n) is 14.8. The van der Waals surface area contributed by atoms with E-state index < -0.39 is 6.04 Å². The predicted molar refractivity (Wildman–Crippen MR) is 110 cm³/mol. The molecule has 0 bridgehead atoms. The second-order valence-corrected chi connectivity index (χ2v) is 7.66. The summed E-state index contributed by atoms with van der Waals surface area (Å²) in [5.41, 5.74) is 9.00. The van der Waals surface area contributed by atoms with E-state index in [0.717, 1.165) is 16.5 Å². The van der Waals surface area contributed by atoms with E-state index in [2.05, 4.69) is 15.2 Å². The summed E-state index contributed by atoms with van der Waals surface area (Å²) >= 11 is 7.03. The van der Waals surface area contributed by atoms with Gasteiger partial charge in [-0.2, -0.15) is 0 Å². The molecule has 142 valence electrons. The number of nitrogens with one attached hydrogen (secondary N) is 1. The van der Waals surface area contributed by atoms with E-state index in [-0.39, 0.29) is 11.5 Å². The van der Waals surface area contributed by atoms with Crippen LogP contribution in [-0.2, 0) is 6.42 Å². The molecule has 4 rings (SSSR count). The summed E-state index contributed by atoms with van der Waals surface area (Å²) in [7, 11) is 0. The van der Waals surface area contributed by atoms with Crippen LogP contribution in [0.4, 0.5) is 0 Å². The highest BCUT2D eigenvalue weighted by atomic mass is 35.5. The van der Waals surface area contributed by atoms with Crippen LogP contribution in [0.5, 0.6) is 0 Å². The lowest BCUT2D eigenvalue weighted by Crippen LogP contribution is -2.13. The first-order valence-electron chi connectivity index (χ1n) is 8.65. The Bertz CT molecular complexity index is 1110. The van der Waals surface area contributed by atoms with E-state index in [4.69, 9.17) is 21.8 Å². The van der Waals surface area contributed by atoms with Crippen LogP contribution in [0.15, 0.2) is 64.4 Å². The Labute approximate surface area is 170 Å². The minimum atomic E-state index is -0.423. The molecule has 0 aliphatic carbocycles. The smallest absolute Gasteiger partial charge is 0.277 e. The summed E-state index contributed by atoms with van der Waals surface area (Å²) in [5.74, 6) is 0.511. The molecule has 0 spiro atoms. The Morgan fingerprint density at radius 2 is 1.96 bits per heavy atom. The topological polar surface area (TPSA) is 97.8 Å². The third-order valence-corrected chi connectivity index (χ3v) is 5.42. The van der Waals surface area contributed by atoms with Crippen molar-refractivity contribution >= 4 is 40.0 Å². The fourth-order valence-corrected chi connectivity index (χ4v) is 3.69. The van der Waals surface area contributed by atoms with Crippen LogP contribution in [0.2, 0.25) is 5.02 Å². The number of hydrogen-bond donors (Lipinski definition) is 2. The zero-order chi connectivity index (χ0) is 19.5. The van der Waals surface area contributed by atoms with Gasteiger partial charge in [0.05, 0.1) is 11.8 Å². The Balaban J connectivity index is 1.38. The molecule has 4 aromatic rings. The minimum Gasteiger partial charge on any atom is -0.414 e. The molecule has 0 aliphatic heterocycles. The molecular formula is C20H17ClN4O2S. The quantitative estimate of drug-likeness (QED) is 0.344. The molecule has 28 heavy (non-hydrogen) atoms. The highest BCUT2D eigenvalue weighted by molar-refractivity contribution is 7.99. The first kappa shape index (κ1) is 18.7. The Hall–Kier alpha value is -2.61. The predicted octanol–water partition coefficient (Wildman–Crippen LogP) is 4.42. The van der Waals surface area contributed by atoms with Gasteiger partial charge in [0.1, 0.15) is 0 Å². The molecule has 0 fully saturated rings. The molecule has 0 aliphatic rings. The zero-order valence-corrected chi connectivity index (χ0v) is 16.3. The molecule has 0 amide bonds. The van der Waals surface area contributed by atoms with Gasteiger partial charge in [-0.15, -0.1) is 10.2 Å². The number of Topliss-reactive ketones (excluding diaryl/α,β-unsaturated/α-hetero) is 1. The van der Waals surface area contributed by atoms with E-state index in [9.17, 15) is 4.79 Å². The second kappa shape index (κ2) is 8.18. The second-order valence-electron chi connectivity index (χ2n) is 6.30. The lowest BCUT2D eigenvalue weighted by molar-refractivity contribution is 0.102. The average Bonchev–Trinajstić information content (AvgIpc) is 3.34. The van der Waals surface area contributed by atoms with Gasteiger partial charge in [-0.05, 0) is 42.3 Å². The van der Waals surface area contributed by atoms with E-state index in [1.54, 1.807) is 24.3 Å². The molecule has 1 atom stereocenters. The van der Waals surface area contributed by atoms with Crippen molar-refractivity contribution in [2.45, 2.75) is 17.7 Å². The van der Waals surface area contributed by atoms with Crippen LogP contribution >= 0.6 is 23.4 Å². The molecule has 0 saturated heterocycles. The monoisotopic (exact) mass is 412 g/mol. The lowest BCUT2D eigenvalue weighted by atomic mass is 10.1. The van der Waals surface area contributed by atoms with Crippen molar-refractivity contribution in [3.05, 3.63) is 76.8 Å². The molecule has 1 unspecified atom stereocenters. The van der Waals surface area contributed by atoms with Gasteiger partial charge >= 0.3 is 0 Å². The maximum atomic E-state index is 12.2. The number of aromatic amines is 1. The van der Waals surface area contributed by atoms with E-state index in [0.29, 0.717) is 28.1 Å². The van der Waals surface area contributed by atoms with Crippen LogP contribution < -0.4 is 5.73 Å². The SMILES string of the molecule is NC(Cc1c[nH]c2ccccc12)c1nnc(SCC(=O)c2ccc(Cl)cc2)o1. The number of H-pyrrole nitrogens is 1. The number of carbonyl (C=O) groups is 1. The number of fused-ring (bicyclic) bond motifs is 1. The summed E-state index contributed by atoms with van der Waals surface area (Å²) in [6.07, 6.45) is 2.52. The van der Waals surface area contributed by atoms with E-state index in [1.165, 1.54) is 11.8 Å². The number of hydrogen-bond acceptors (Lipinski definition) is 6. The van der Waals surface area contributed by atoms with Crippen molar-refractivity contribution < 1.29 is 9.21 Å². The average molecular weight is 413 g/mol. The van der Waals surface area contributed by atoms with Crippen molar-refractivity contribution in [2.75, 3.05) is 5.75 Å². The molecule has 2 heterocycles. The van der Waals surface area contributed by atoms with Gasteiger partial charge in [0.25, 0.3) is 5.22 Å². The summed E-state index contributed by atoms with van der Waals surface area (Å²) in [4.78, 5) is 15.5. The lowest BCUT2D eigenvalue weighted by Gasteiger charge is -2.05. The van der Waals surface area contributed by atoms with Crippen molar-refractivity contribution in [1.29, 1.82) is 0 Å². The summed E-state index contributed by atoms with van der Waals surface area (Å²) in [5, 5.41) is 10.1. The highest BCUT2D eigenvalue weighted by Crippen LogP contribution is 2.25. The van der Waals surface area contributed by atoms with Gasteiger partial charge in [0.15, 0.2) is 5.78 Å². The maximum Gasteiger partial charge on any atom is 0.277 e.